The average Bonchev–Trinajstić information content (AvgIpc) is 2.58. The predicted octanol–water partition coefficient (Wildman–Crippen LogP) is 4.61. The third-order valence-corrected chi connectivity index (χ3v) is 4.03. The van der Waals surface area contributed by atoms with Crippen LogP contribution in [-0.4, -0.2) is 16.1 Å². The van der Waals surface area contributed by atoms with Crippen molar-refractivity contribution in [2.75, 3.05) is 0 Å². The summed E-state index contributed by atoms with van der Waals surface area (Å²) in [4.78, 5) is 15.0. The van der Waals surface area contributed by atoms with Crippen molar-refractivity contribution in [2.45, 2.75) is 5.92 Å². The van der Waals surface area contributed by atoms with Crippen molar-refractivity contribution in [3.8, 4) is 0 Å². The molecule has 3 rings (SSSR count). The normalized spacial score (nSPS) is 11.9. The highest BCUT2D eigenvalue weighted by Crippen LogP contribution is 2.35. The van der Waals surface area contributed by atoms with Gasteiger partial charge in [0, 0.05) is 17.1 Å². The number of rotatable bonds is 4. The Morgan fingerprint density at radius 3 is 2.22 bits per heavy atom. The Bertz CT molecular complexity index is 816. The van der Waals surface area contributed by atoms with E-state index in [1.165, 1.54) is 6.07 Å². The maximum atomic E-state index is 11.0. The number of benzene rings is 2. The van der Waals surface area contributed by atoms with Crippen molar-refractivity contribution in [3.63, 3.8) is 0 Å². The number of hydrogen-bond donors (Lipinski definition) is 1. The van der Waals surface area contributed by atoms with Crippen molar-refractivity contribution in [1.82, 2.24) is 4.98 Å². The Labute approximate surface area is 139 Å². The first kappa shape index (κ1) is 15.3. The highest BCUT2D eigenvalue weighted by molar-refractivity contribution is 6.31. The molecule has 1 aromatic heterocycles. The Hall–Kier alpha value is -2.65. The smallest absolute Gasteiger partial charge is 0.354 e. The van der Waals surface area contributed by atoms with E-state index in [4.69, 9.17) is 16.7 Å². The summed E-state index contributed by atoms with van der Waals surface area (Å²) >= 11 is 6.39. The van der Waals surface area contributed by atoms with Gasteiger partial charge in [-0.05, 0) is 28.8 Å². The Balaban J connectivity index is 2.13. The number of hydrogen-bond acceptors (Lipinski definition) is 2. The second kappa shape index (κ2) is 6.63. The fraction of sp³-hybridized carbons (Fsp3) is 0.0526. The summed E-state index contributed by atoms with van der Waals surface area (Å²) in [5.74, 6) is -1.13. The molecule has 0 aliphatic rings. The lowest BCUT2D eigenvalue weighted by Crippen LogP contribution is -2.06. The van der Waals surface area contributed by atoms with Crippen LogP contribution < -0.4 is 0 Å². The molecule has 0 aliphatic heterocycles. The lowest BCUT2D eigenvalue weighted by Gasteiger charge is -2.19. The van der Waals surface area contributed by atoms with E-state index in [9.17, 15) is 4.79 Å². The third-order valence-electron chi connectivity index (χ3n) is 3.69. The summed E-state index contributed by atoms with van der Waals surface area (Å²) in [6.45, 7) is 0. The largest absolute Gasteiger partial charge is 0.477 e. The second-order valence-corrected chi connectivity index (χ2v) is 5.55. The fourth-order valence-corrected chi connectivity index (χ4v) is 2.85. The summed E-state index contributed by atoms with van der Waals surface area (Å²) < 4.78 is 0. The summed E-state index contributed by atoms with van der Waals surface area (Å²) in [7, 11) is 0. The van der Waals surface area contributed by atoms with Gasteiger partial charge < -0.3 is 5.11 Å². The number of aromatic carboxylic acids is 1. The molecule has 0 saturated heterocycles. The number of carboxylic acids is 1. The lowest BCUT2D eigenvalue weighted by molar-refractivity contribution is 0.0690. The number of aromatic nitrogens is 1. The SMILES string of the molecule is O=C(O)c1ccc(C(c2ccccc2)c2ccccc2Cl)cn1. The molecule has 0 radical (unpaired) electrons. The molecule has 114 valence electrons. The van der Waals surface area contributed by atoms with Gasteiger partial charge in [0.1, 0.15) is 5.69 Å². The molecule has 0 amide bonds. The molecule has 2 aromatic carbocycles. The molecule has 3 nitrogen and oxygen atoms in total. The van der Waals surface area contributed by atoms with E-state index in [1.54, 1.807) is 12.3 Å². The van der Waals surface area contributed by atoms with Gasteiger partial charge in [-0.15, -0.1) is 0 Å². The van der Waals surface area contributed by atoms with Crippen molar-refractivity contribution in [3.05, 3.63) is 100 Å². The zero-order chi connectivity index (χ0) is 16.2. The molecule has 0 saturated carbocycles. The quantitative estimate of drug-likeness (QED) is 0.762. The lowest BCUT2D eigenvalue weighted by atomic mass is 9.86. The summed E-state index contributed by atoms with van der Waals surface area (Å²) in [6.07, 6.45) is 1.60. The predicted molar refractivity (Wildman–Crippen MR) is 90.0 cm³/mol. The zero-order valence-corrected chi connectivity index (χ0v) is 12.9. The van der Waals surface area contributed by atoms with Gasteiger partial charge in [-0.25, -0.2) is 9.78 Å². The topological polar surface area (TPSA) is 50.2 Å². The molecule has 0 spiro atoms. The van der Waals surface area contributed by atoms with Crippen molar-refractivity contribution in [1.29, 1.82) is 0 Å². The van der Waals surface area contributed by atoms with E-state index in [1.807, 2.05) is 54.6 Å². The minimum atomic E-state index is -1.04. The number of carboxylic acid groups (broad SMARTS) is 1. The molecule has 1 N–H and O–H groups in total. The molecular weight excluding hydrogens is 310 g/mol. The van der Waals surface area contributed by atoms with Gasteiger partial charge in [-0.3, -0.25) is 0 Å². The van der Waals surface area contributed by atoms with Gasteiger partial charge >= 0.3 is 5.97 Å². The van der Waals surface area contributed by atoms with Crippen LogP contribution in [0.1, 0.15) is 33.1 Å². The standard InChI is InChI=1S/C19H14ClNO2/c20-16-9-5-4-8-15(16)18(13-6-2-1-3-7-13)14-10-11-17(19(22)23)21-12-14/h1-12,18H,(H,22,23). The zero-order valence-electron chi connectivity index (χ0n) is 12.2. The number of carbonyl (C=O) groups is 1. The van der Waals surface area contributed by atoms with Gasteiger partial charge in [-0.1, -0.05) is 66.2 Å². The molecular formula is C19H14ClNO2. The van der Waals surface area contributed by atoms with Crippen molar-refractivity contribution < 1.29 is 9.90 Å². The van der Waals surface area contributed by atoms with Crippen LogP contribution in [0.4, 0.5) is 0 Å². The Kier molecular flexibility index (Phi) is 4.40. The highest BCUT2D eigenvalue weighted by atomic mass is 35.5. The van der Waals surface area contributed by atoms with Gasteiger partial charge in [0.2, 0.25) is 0 Å². The van der Waals surface area contributed by atoms with Crippen LogP contribution in [0.5, 0.6) is 0 Å². The van der Waals surface area contributed by atoms with Gasteiger partial charge in [0.15, 0.2) is 0 Å². The van der Waals surface area contributed by atoms with Crippen LogP contribution in [-0.2, 0) is 0 Å². The molecule has 1 heterocycles. The van der Waals surface area contributed by atoms with E-state index < -0.39 is 5.97 Å². The first-order valence-corrected chi connectivity index (χ1v) is 7.53. The minimum absolute atomic E-state index is 0.0275. The highest BCUT2D eigenvalue weighted by Gasteiger charge is 2.19. The van der Waals surface area contributed by atoms with E-state index in [0.717, 1.165) is 16.7 Å². The van der Waals surface area contributed by atoms with Crippen LogP contribution in [0, 0.1) is 0 Å². The van der Waals surface area contributed by atoms with Gasteiger partial charge in [0.05, 0.1) is 0 Å². The molecule has 1 atom stereocenters. The number of nitrogens with zero attached hydrogens (tertiary/aromatic N) is 1. The second-order valence-electron chi connectivity index (χ2n) is 5.15. The van der Waals surface area contributed by atoms with Crippen molar-refractivity contribution >= 4 is 17.6 Å². The maximum absolute atomic E-state index is 11.0. The van der Waals surface area contributed by atoms with E-state index in [0.29, 0.717) is 5.02 Å². The molecule has 0 bridgehead atoms. The van der Waals surface area contributed by atoms with Crippen LogP contribution >= 0.6 is 11.6 Å². The average molecular weight is 324 g/mol. The van der Waals surface area contributed by atoms with Gasteiger partial charge in [0.25, 0.3) is 0 Å². The van der Waals surface area contributed by atoms with Crippen LogP contribution in [0.3, 0.4) is 0 Å². The monoisotopic (exact) mass is 323 g/mol. The Morgan fingerprint density at radius 1 is 0.913 bits per heavy atom. The number of pyridine rings is 1. The molecule has 1 unspecified atom stereocenters. The molecule has 0 fully saturated rings. The molecule has 0 aliphatic carbocycles. The van der Waals surface area contributed by atoms with E-state index >= 15 is 0 Å². The van der Waals surface area contributed by atoms with E-state index in [2.05, 4.69) is 4.98 Å². The van der Waals surface area contributed by atoms with E-state index in [-0.39, 0.29) is 11.6 Å². The maximum Gasteiger partial charge on any atom is 0.354 e. The van der Waals surface area contributed by atoms with Crippen LogP contribution in [0.15, 0.2) is 72.9 Å². The summed E-state index contributed by atoms with van der Waals surface area (Å²) in [5, 5.41) is 9.68. The third kappa shape index (κ3) is 3.25. The first-order chi connectivity index (χ1) is 11.2. The first-order valence-electron chi connectivity index (χ1n) is 7.15. The number of halogens is 1. The Morgan fingerprint density at radius 2 is 1.61 bits per heavy atom. The van der Waals surface area contributed by atoms with Crippen molar-refractivity contribution in [2.24, 2.45) is 0 Å². The molecule has 3 aromatic rings. The van der Waals surface area contributed by atoms with Crippen LogP contribution in [0.2, 0.25) is 5.02 Å². The fourth-order valence-electron chi connectivity index (χ4n) is 2.61. The molecule has 4 heteroatoms. The molecule has 23 heavy (non-hydrogen) atoms. The van der Waals surface area contributed by atoms with Crippen LogP contribution in [0.25, 0.3) is 0 Å². The summed E-state index contributed by atoms with van der Waals surface area (Å²) in [6, 6.07) is 20.9. The summed E-state index contributed by atoms with van der Waals surface area (Å²) in [5.41, 5.74) is 2.96. The van der Waals surface area contributed by atoms with Gasteiger partial charge in [-0.2, -0.15) is 0 Å². The minimum Gasteiger partial charge on any atom is -0.477 e.